The summed E-state index contributed by atoms with van der Waals surface area (Å²) in [6.07, 6.45) is -3.03. The highest BCUT2D eigenvalue weighted by molar-refractivity contribution is 6.51. The quantitative estimate of drug-likeness (QED) is 0.518. The highest BCUT2D eigenvalue weighted by Gasteiger charge is 2.29. The van der Waals surface area contributed by atoms with Crippen molar-refractivity contribution in [1.82, 2.24) is 0 Å². The van der Waals surface area contributed by atoms with Gasteiger partial charge in [0.1, 0.15) is 6.10 Å². The third-order valence-electron chi connectivity index (χ3n) is 3.05. The van der Waals surface area contributed by atoms with Crippen LogP contribution in [0.5, 0.6) is 0 Å². The molecule has 0 saturated heterocycles. The van der Waals surface area contributed by atoms with Gasteiger partial charge in [0, 0.05) is 0 Å². The molecule has 1 heterocycles. The predicted molar refractivity (Wildman–Crippen MR) is 67.0 cm³/mol. The van der Waals surface area contributed by atoms with Gasteiger partial charge in [-0.1, -0.05) is 6.07 Å². The van der Waals surface area contributed by atoms with E-state index in [9.17, 15) is 24.6 Å². The number of rotatable bonds is 4. The fourth-order valence-electron chi connectivity index (χ4n) is 1.94. The molecule has 1 aliphatic rings. The van der Waals surface area contributed by atoms with E-state index in [1.54, 1.807) is 0 Å². The summed E-state index contributed by atoms with van der Waals surface area (Å²) in [6.45, 7) is 0. The van der Waals surface area contributed by atoms with Gasteiger partial charge in [0.15, 0.2) is 0 Å². The first kappa shape index (κ1) is 14.2. The number of hydrogen-bond donors (Lipinski definition) is 3. The topological polar surface area (TPSA) is 113 Å². The number of hydrogen-bond acceptors (Lipinski definition) is 6. The molecule has 0 aromatic heterocycles. The van der Waals surface area contributed by atoms with Crippen molar-refractivity contribution < 1.29 is 29.3 Å². The Morgan fingerprint density at radius 3 is 2.70 bits per heavy atom. The average molecular weight is 279 g/mol. The summed E-state index contributed by atoms with van der Waals surface area (Å²) in [5, 5.41) is 22.0. The molecule has 0 aliphatic carbocycles. The van der Waals surface area contributed by atoms with E-state index < -0.39 is 29.9 Å². The molecule has 1 aromatic carbocycles. The highest BCUT2D eigenvalue weighted by Crippen LogP contribution is 2.28. The van der Waals surface area contributed by atoms with Gasteiger partial charge in [-0.2, -0.15) is 0 Å². The first-order valence-corrected chi connectivity index (χ1v) is 5.86. The monoisotopic (exact) mass is 279 g/mol. The normalized spacial score (nSPS) is 16.4. The van der Waals surface area contributed by atoms with Crippen molar-refractivity contribution in [2.45, 2.75) is 18.6 Å². The number of ether oxygens (including phenoxy) is 1. The Balaban J connectivity index is 2.18. The van der Waals surface area contributed by atoms with E-state index in [2.05, 4.69) is 10.1 Å². The van der Waals surface area contributed by atoms with E-state index >= 15 is 0 Å². The number of esters is 1. The van der Waals surface area contributed by atoms with E-state index in [-0.39, 0.29) is 23.2 Å². The number of nitrogens with one attached hydrogen (secondary N) is 1. The molecule has 2 rings (SSSR count). The lowest BCUT2D eigenvalue weighted by Gasteiger charge is -2.17. The Hall–Kier alpha value is -2.25. The van der Waals surface area contributed by atoms with Gasteiger partial charge >= 0.3 is 5.97 Å². The van der Waals surface area contributed by atoms with E-state index in [4.69, 9.17) is 0 Å². The van der Waals surface area contributed by atoms with Crippen molar-refractivity contribution >= 4 is 23.3 Å². The third kappa shape index (κ3) is 2.54. The van der Waals surface area contributed by atoms with Crippen LogP contribution in [-0.4, -0.2) is 41.1 Å². The van der Waals surface area contributed by atoms with E-state index in [1.807, 2.05) is 0 Å². The Morgan fingerprint density at radius 1 is 1.35 bits per heavy atom. The molecule has 2 unspecified atom stereocenters. The average Bonchev–Trinajstić information content (AvgIpc) is 2.72. The maximum atomic E-state index is 11.4. The number of carbonyl (C=O) groups is 3. The van der Waals surface area contributed by atoms with Crippen LogP contribution in [0.25, 0.3) is 0 Å². The standard InChI is InChI=1S/C13H13NO6/c1-20-10(16)5-9(15)11(17)6-2-3-7-8(4-6)14-13(19)12(7)18/h2-4,9,11,15,17H,5H2,1H3,(H,14,18,19). The van der Waals surface area contributed by atoms with Crippen LogP contribution in [0.15, 0.2) is 18.2 Å². The van der Waals surface area contributed by atoms with Crippen molar-refractivity contribution in [2.75, 3.05) is 12.4 Å². The van der Waals surface area contributed by atoms with Gasteiger partial charge in [0.05, 0.1) is 30.9 Å². The molecule has 106 valence electrons. The molecular formula is C13H13NO6. The van der Waals surface area contributed by atoms with Crippen LogP contribution in [0.3, 0.4) is 0 Å². The molecule has 2 atom stereocenters. The molecule has 1 aromatic rings. The lowest BCUT2D eigenvalue weighted by atomic mass is 9.99. The number of aliphatic hydroxyl groups excluding tert-OH is 2. The summed E-state index contributed by atoms with van der Waals surface area (Å²) in [5.41, 5.74) is 0.783. The van der Waals surface area contributed by atoms with Crippen molar-refractivity contribution in [3.8, 4) is 0 Å². The van der Waals surface area contributed by atoms with E-state index in [1.165, 1.54) is 25.3 Å². The summed E-state index contributed by atoms with van der Waals surface area (Å²) in [5.74, 6) is -2.03. The number of Topliss-reactive ketones (excluding diaryl/α,β-unsaturated/α-hetero) is 1. The Morgan fingerprint density at radius 2 is 2.05 bits per heavy atom. The summed E-state index contributed by atoms with van der Waals surface area (Å²) >= 11 is 0. The van der Waals surface area contributed by atoms with Crippen LogP contribution in [0.2, 0.25) is 0 Å². The molecule has 0 saturated carbocycles. The zero-order valence-electron chi connectivity index (χ0n) is 10.6. The molecule has 1 amide bonds. The molecule has 7 nitrogen and oxygen atoms in total. The summed E-state index contributed by atoms with van der Waals surface area (Å²) in [4.78, 5) is 33.6. The highest BCUT2D eigenvalue weighted by atomic mass is 16.5. The number of ketones is 1. The van der Waals surface area contributed by atoms with Crippen LogP contribution >= 0.6 is 0 Å². The lowest BCUT2D eigenvalue weighted by Crippen LogP contribution is -2.22. The van der Waals surface area contributed by atoms with Crippen molar-refractivity contribution in [2.24, 2.45) is 0 Å². The molecule has 0 bridgehead atoms. The molecule has 3 N–H and O–H groups in total. The number of aliphatic hydroxyl groups is 2. The fraction of sp³-hybridized carbons (Fsp3) is 0.308. The van der Waals surface area contributed by atoms with E-state index in [0.717, 1.165) is 0 Å². The van der Waals surface area contributed by atoms with Crippen LogP contribution in [0, 0.1) is 0 Å². The van der Waals surface area contributed by atoms with Crippen LogP contribution < -0.4 is 5.32 Å². The van der Waals surface area contributed by atoms with E-state index in [0.29, 0.717) is 0 Å². The SMILES string of the molecule is COC(=O)CC(O)C(O)c1ccc2c(c1)NC(=O)C2=O. The first-order valence-electron chi connectivity index (χ1n) is 5.86. The smallest absolute Gasteiger partial charge is 0.308 e. The molecule has 1 aliphatic heterocycles. The largest absolute Gasteiger partial charge is 0.469 e. The zero-order chi connectivity index (χ0) is 14.9. The van der Waals surface area contributed by atoms with Crippen LogP contribution in [0.4, 0.5) is 5.69 Å². The van der Waals surface area contributed by atoms with Gasteiger partial charge in [0.25, 0.3) is 11.7 Å². The number of amides is 1. The van der Waals surface area contributed by atoms with Gasteiger partial charge in [-0.15, -0.1) is 0 Å². The Kier molecular flexibility index (Phi) is 3.82. The van der Waals surface area contributed by atoms with Crippen molar-refractivity contribution in [3.05, 3.63) is 29.3 Å². The minimum absolute atomic E-state index is 0.216. The van der Waals surface area contributed by atoms with Crippen LogP contribution in [-0.2, 0) is 14.3 Å². The Bertz CT molecular complexity index is 582. The second kappa shape index (κ2) is 5.40. The minimum Gasteiger partial charge on any atom is -0.469 e. The lowest BCUT2D eigenvalue weighted by molar-refractivity contribution is -0.144. The molecule has 20 heavy (non-hydrogen) atoms. The summed E-state index contributed by atoms with van der Waals surface area (Å²) in [7, 11) is 1.18. The minimum atomic E-state index is -1.34. The maximum Gasteiger partial charge on any atom is 0.308 e. The van der Waals surface area contributed by atoms with Gasteiger partial charge in [-0.25, -0.2) is 0 Å². The molecule has 0 fully saturated rings. The predicted octanol–water partition coefficient (Wildman–Crippen LogP) is -0.221. The maximum absolute atomic E-state index is 11.4. The number of carbonyl (C=O) groups excluding carboxylic acids is 3. The molecular weight excluding hydrogens is 266 g/mol. The number of benzene rings is 1. The third-order valence-corrected chi connectivity index (χ3v) is 3.05. The van der Waals surface area contributed by atoms with Gasteiger partial charge in [-0.05, 0) is 17.7 Å². The summed E-state index contributed by atoms with van der Waals surface area (Å²) in [6, 6.07) is 4.20. The number of fused-ring (bicyclic) bond motifs is 1. The fourth-order valence-corrected chi connectivity index (χ4v) is 1.94. The summed E-state index contributed by atoms with van der Waals surface area (Å²) < 4.78 is 4.40. The van der Waals surface area contributed by atoms with Gasteiger partial charge in [0.2, 0.25) is 0 Å². The molecule has 0 spiro atoms. The molecule has 7 heteroatoms. The second-order valence-electron chi connectivity index (χ2n) is 4.38. The van der Waals surface area contributed by atoms with Crippen molar-refractivity contribution in [3.63, 3.8) is 0 Å². The first-order chi connectivity index (χ1) is 9.43. The number of methoxy groups -OCH3 is 1. The van der Waals surface area contributed by atoms with Gasteiger partial charge in [-0.3, -0.25) is 14.4 Å². The molecule has 0 radical (unpaired) electrons. The Labute approximate surface area is 114 Å². The zero-order valence-corrected chi connectivity index (χ0v) is 10.6. The van der Waals surface area contributed by atoms with Crippen molar-refractivity contribution in [1.29, 1.82) is 0 Å². The van der Waals surface area contributed by atoms with Crippen LogP contribution in [0.1, 0.15) is 28.4 Å². The number of anilines is 1. The second-order valence-corrected chi connectivity index (χ2v) is 4.38. The van der Waals surface area contributed by atoms with Gasteiger partial charge < -0.3 is 20.3 Å².